The van der Waals surface area contributed by atoms with E-state index in [1.165, 1.54) is 7.11 Å². The largest absolute Gasteiger partial charge is 0.491 e. The predicted molar refractivity (Wildman–Crippen MR) is 238 cm³/mol. The van der Waals surface area contributed by atoms with Crippen LogP contribution in [0.3, 0.4) is 0 Å². The lowest BCUT2D eigenvalue weighted by Crippen LogP contribution is -2.56. The summed E-state index contributed by atoms with van der Waals surface area (Å²) in [5, 5.41) is 12.5. The van der Waals surface area contributed by atoms with E-state index in [2.05, 4.69) is 17.2 Å². The summed E-state index contributed by atoms with van der Waals surface area (Å²) in [5.74, 6) is 2.84. The van der Waals surface area contributed by atoms with Gasteiger partial charge in [0.05, 0.1) is 43.4 Å². The van der Waals surface area contributed by atoms with Gasteiger partial charge in [-0.1, -0.05) is 110 Å². The molecule has 8 rings (SSSR count). The Hall–Kier alpha value is -6.73. The Kier molecular flexibility index (Phi) is 13.8. The molecule has 338 valence electrons. The van der Waals surface area contributed by atoms with Gasteiger partial charge in [-0.05, 0) is 53.8 Å². The molecule has 4 heterocycles. The Morgan fingerprint density at radius 2 is 1.52 bits per heavy atom. The van der Waals surface area contributed by atoms with Crippen LogP contribution in [0.1, 0.15) is 78.1 Å². The van der Waals surface area contributed by atoms with Crippen molar-refractivity contribution in [1.29, 1.82) is 0 Å². The summed E-state index contributed by atoms with van der Waals surface area (Å²) >= 11 is 0. The lowest BCUT2D eigenvalue weighted by molar-refractivity contribution is -0.179. The maximum Gasteiger partial charge on any atom is 0.421 e. The smallest absolute Gasteiger partial charge is 0.421 e. The van der Waals surface area contributed by atoms with E-state index in [1.54, 1.807) is 47.4 Å². The van der Waals surface area contributed by atoms with Gasteiger partial charge in [0.2, 0.25) is 11.8 Å². The molecule has 4 aromatic rings. The third-order valence-corrected chi connectivity index (χ3v) is 12.7. The molecule has 3 fully saturated rings. The minimum atomic E-state index is -2.06. The summed E-state index contributed by atoms with van der Waals surface area (Å²) in [6.45, 7) is 0.159. The highest BCUT2D eigenvalue weighted by atomic mass is 16.6. The Morgan fingerprint density at radius 3 is 2.22 bits per heavy atom. The van der Waals surface area contributed by atoms with Crippen LogP contribution in [0.4, 0.5) is 15.3 Å². The first-order valence-electron chi connectivity index (χ1n) is 22.1. The van der Waals surface area contributed by atoms with Gasteiger partial charge in [-0.25, -0.2) is 14.5 Å². The van der Waals surface area contributed by atoms with E-state index in [9.17, 15) is 14.7 Å². The van der Waals surface area contributed by atoms with E-state index in [1.807, 2.05) is 65.6 Å². The maximum absolute atomic E-state index is 16.4. The number of aliphatic hydroxyl groups excluding tert-OH is 1. The molecule has 4 aliphatic rings. The van der Waals surface area contributed by atoms with E-state index in [0.717, 1.165) is 42.6 Å². The molecule has 15 nitrogen and oxygen atoms in total. The minimum Gasteiger partial charge on any atom is -0.491 e. The number of morpholine rings is 1. The Morgan fingerprint density at radius 1 is 0.846 bits per heavy atom. The van der Waals surface area contributed by atoms with Crippen molar-refractivity contribution in [3.63, 3.8) is 0 Å². The topological polar surface area (TPSA) is 190 Å². The first kappa shape index (κ1) is 44.9. The van der Waals surface area contributed by atoms with Gasteiger partial charge in [0, 0.05) is 31.3 Å². The average molecular weight is 884 g/mol. The van der Waals surface area contributed by atoms with E-state index < -0.39 is 65.5 Å². The molecule has 3 saturated heterocycles. The number of amides is 5. The van der Waals surface area contributed by atoms with Gasteiger partial charge >= 0.3 is 18.1 Å². The van der Waals surface area contributed by atoms with Gasteiger partial charge in [0.15, 0.2) is 0 Å². The number of cyclic esters (lactones) is 1. The highest BCUT2D eigenvalue weighted by molar-refractivity contribution is 6.23. The van der Waals surface area contributed by atoms with Crippen LogP contribution in [0.15, 0.2) is 103 Å². The number of nitrogens with zero attached hydrogens (tertiary/aromatic N) is 3. The number of esters is 1. The number of nitrogens with two attached hydrogens (primary N) is 1. The lowest BCUT2D eigenvalue weighted by Gasteiger charge is -2.46. The molecule has 0 unspecified atom stereocenters. The first-order valence-corrected chi connectivity index (χ1v) is 22.1. The molecule has 0 saturated carbocycles. The van der Waals surface area contributed by atoms with Gasteiger partial charge in [0.25, 0.3) is 0 Å². The average Bonchev–Trinajstić information content (AvgIpc) is 3.76. The standard InChI is InChI=1S/C50H53N5O10/c1-62-30-31-64-49(61)54-38-24-23-33(16-15-25-52-48(51)60)32-37(38)50(47(54)59)40(45(57)53-26-13-3-2-4-14-27-53)42-46(58)65-43(35-19-9-6-10-20-35)41(34-17-7-5-8-18-34)55(42)44(50)36-21-11-12-22-39(36)63-29-28-56/h5-12,17-24,32,40-44,56H,2-4,13-14,25-31H2,1H3,(H3,51,52,60)/t40-,41-,42-,43+,44+,50-/m0/s1. The van der Waals surface area contributed by atoms with Crippen molar-refractivity contribution in [2.45, 2.75) is 61.7 Å². The lowest BCUT2D eigenvalue weighted by atomic mass is 9.64. The summed E-state index contributed by atoms with van der Waals surface area (Å²) in [7, 11) is 1.46. The number of carbonyl (C=O) groups is 5. The van der Waals surface area contributed by atoms with Crippen molar-refractivity contribution >= 4 is 35.6 Å². The molecular formula is C50H53N5O10. The van der Waals surface area contributed by atoms with Crippen molar-refractivity contribution in [2.24, 2.45) is 11.7 Å². The van der Waals surface area contributed by atoms with Gasteiger partial charge in [-0.3, -0.25) is 19.3 Å². The summed E-state index contributed by atoms with van der Waals surface area (Å²) in [6, 6.07) is 26.7. The molecule has 0 aliphatic carbocycles. The zero-order chi connectivity index (χ0) is 45.5. The number of para-hydroxylation sites is 1. The van der Waals surface area contributed by atoms with Gasteiger partial charge in [-0.2, -0.15) is 0 Å². The molecule has 4 aromatic carbocycles. The third kappa shape index (κ3) is 8.52. The van der Waals surface area contributed by atoms with Crippen molar-refractivity contribution in [1.82, 2.24) is 15.1 Å². The number of nitrogens with one attached hydrogen (secondary N) is 1. The molecule has 4 N–H and O–H groups in total. The van der Waals surface area contributed by atoms with Crippen molar-refractivity contribution in [2.75, 3.05) is 58.1 Å². The number of imide groups is 1. The Labute approximate surface area is 377 Å². The second-order valence-corrected chi connectivity index (χ2v) is 16.5. The van der Waals surface area contributed by atoms with Gasteiger partial charge in [0.1, 0.15) is 36.5 Å². The number of primary amides is 1. The van der Waals surface area contributed by atoms with Gasteiger partial charge in [-0.15, -0.1) is 0 Å². The summed E-state index contributed by atoms with van der Waals surface area (Å²) in [5.41, 5.74) is 5.93. The fourth-order valence-corrected chi connectivity index (χ4v) is 10.1. The SMILES string of the molecule is COCCOC(=O)N1C(=O)[C@@]2(c3cc(C#CCNC(N)=O)ccc31)[C@H](C(=O)N1CCCCCCC1)[C@H]1C(=O)O[C@H](c3ccccc3)[C@H](c3ccccc3)N1[C@@H]2c1ccccc1OCCO. The van der Waals surface area contributed by atoms with Crippen molar-refractivity contribution < 1.29 is 48.0 Å². The number of benzene rings is 4. The zero-order valence-corrected chi connectivity index (χ0v) is 36.2. The van der Waals surface area contributed by atoms with Crippen LogP contribution in [-0.4, -0.2) is 104 Å². The zero-order valence-electron chi connectivity index (χ0n) is 36.2. The maximum atomic E-state index is 16.4. The second-order valence-electron chi connectivity index (χ2n) is 16.5. The molecule has 1 spiro atoms. The molecule has 5 amide bonds. The molecular weight excluding hydrogens is 831 g/mol. The molecule has 65 heavy (non-hydrogen) atoms. The number of carbonyl (C=O) groups excluding carboxylic acids is 5. The quantitative estimate of drug-likeness (QED) is 0.100. The fraction of sp³-hybridized carbons (Fsp3) is 0.380. The number of likely N-dealkylation sites (tertiary alicyclic amines) is 1. The number of ether oxygens (including phenoxy) is 4. The van der Waals surface area contributed by atoms with Crippen LogP contribution >= 0.6 is 0 Å². The highest BCUT2D eigenvalue weighted by Crippen LogP contribution is 2.67. The molecule has 0 aromatic heterocycles. The first-order chi connectivity index (χ1) is 31.7. The fourth-order valence-electron chi connectivity index (χ4n) is 10.1. The summed E-state index contributed by atoms with van der Waals surface area (Å²) in [4.78, 5) is 78.7. The number of hydrogen-bond acceptors (Lipinski definition) is 11. The molecule has 0 bridgehead atoms. The Bertz CT molecular complexity index is 2450. The van der Waals surface area contributed by atoms with E-state index >= 15 is 14.4 Å². The van der Waals surface area contributed by atoms with Gasteiger partial charge < -0.3 is 40.0 Å². The Balaban J connectivity index is 1.47. The van der Waals surface area contributed by atoms with Crippen LogP contribution in [-0.2, 0) is 34.0 Å². The monoisotopic (exact) mass is 883 g/mol. The molecule has 4 aliphatic heterocycles. The number of hydrogen-bond donors (Lipinski definition) is 3. The number of fused-ring (bicyclic) bond motifs is 3. The third-order valence-electron chi connectivity index (χ3n) is 12.7. The van der Waals surface area contributed by atoms with Crippen LogP contribution in [0.2, 0.25) is 0 Å². The van der Waals surface area contributed by atoms with Crippen molar-refractivity contribution in [3.05, 3.63) is 131 Å². The second kappa shape index (κ2) is 20.0. The predicted octanol–water partition coefficient (Wildman–Crippen LogP) is 5.32. The summed E-state index contributed by atoms with van der Waals surface area (Å²) in [6.07, 6.45) is 2.34. The number of anilines is 1. The summed E-state index contributed by atoms with van der Waals surface area (Å²) < 4.78 is 23.8. The van der Waals surface area contributed by atoms with Crippen LogP contribution < -0.4 is 20.7 Å². The molecule has 0 radical (unpaired) electrons. The van der Waals surface area contributed by atoms with Crippen LogP contribution in [0.5, 0.6) is 5.75 Å². The van der Waals surface area contributed by atoms with Crippen molar-refractivity contribution in [3.8, 4) is 17.6 Å². The van der Waals surface area contributed by atoms with Crippen LogP contribution in [0, 0.1) is 17.8 Å². The number of aliphatic hydroxyl groups is 1. The number of urea groups is 1. The van der Waals surface area contributed by atoms with E-state index in [-0.39, 0.29) is 44.2 Å². The molecule has 15 heteroatoms. The van der Waals surface area contributed by atoms with Crippen LogP contribution in [0.25, 0.3) is 0 Å². The molecule has 6 atom stereocenters. The normalized spacial score (nSPS) is 23.9. The number of rotatable bonds is 11. The number of methoxy groups -OCH3 is 1. The van der Waals surface area contributed by atoms with E-state index in [4.69, 9.17) is 24.7 Å². The minimum absolute atomic E-state index is 0.0508. The van der Waals surface area contributed by atoms with E-state index in [0.29, 0.717) is 35.5 Å². The highest BCUT2D eigenvalue weighted by Gasteiger charge is 2.76.